The Kier molecular flexibility index (Phi) is 9.81. The molecule has 0 bridgehead atoms. The minimum absolute atomic E-state index is 0.00523. The highest BCUT2D eigenvalue weighted by Gasteiger charge is 2.12. The first kappa shape index (κ1) is 19.9. The van der Waals surface area contributed by atoms with E-state index in [0.717, 1.165) is 0 Å². The number of aromatic nitrogens is 2. The van der Waals surface area contributed by atoms with Crippen molar-refractivity contribution in [3.05, 3.63) is 11.2 Å². The zero-order valence-corrected chi connectivity index (χ0v) is 14.4. The van der Waals surface area contributed by atoms with E-state index in [-0.39, 0.29) is 13.2 Å². The SMILES string of the molecule is CN(CCOCCO)c1ncc(Cl)c(N(C)CCOCCO)n1. The van der Waals surface area contributed by atoms with Crippen LogP contribution in [0.25, 0.3) is 0 Å². The normalized spacial score (nSPS) is 10.8. The summed E-state index contributed by atoms with van der Waals surface area (Å²) in [5.41, 5.74) is 0. The van der Waals surface area contributed by atoms with Gasteiger partial charge in [0.2, 0.25) is 5.95 Å². The molecule has 0 unspecified atom stereocenters. The fraction of sp³-hybridized carbons (Fsp3) is 0.714. The maximum absolute atomic E-state index is 8.68. The van der Waals surface area contributed by atoms with Gasteiger partial charge in [-0.05, 0) is 0 Å². The van der Waals surface area contributed by atoms with Crippen molar-refractivity contribution in [2.75, 3.05) is 76.6 Å². The molecule has 0 aliphatic heterocycles. The molecule has 132 valence electrons. The fourth-order valence-corrected chi connectivity index (χ4v) is 1.98. The Morgan fingerprint density at radius 2 is 1.57 bits per heavy atom. The lowest BCUT2D eigenvalue weighted by atomic mass is 10.5. The number of hydrogen-bond acceptors (Lipinski definition) is 8. The second-order valence-corrected chi connectivity index (χ2v) is 5.26. The van der Waals surface area contributed by atoms with Crippen LogP contribution in [0.1, 0.15) is 0 Å². The molecule has 0 saturated heterocycles. The molecule has 0 amide bonds. The second-order valence-electron chi connectivity index (χ2n) is 4.86. The third kappa shape index (κ3) is 7.28. The van der Waals surface area contributed by atoms with Crippen molar-refractivity contribution in [2.45, 2.75) is 0 Å². The largest absolute Gasteiger partial charge is 0.394 e. The van der Waals surface area contributed by atoms with Gasteiger partial charge in [0.1, 0.15) is 5.02 Å². The lowest BCUT2D eigenvalue weighted by Crippen LogP contribution is -2.28. The second kappa shape index (κ2) is 11.4. The average molecular weight is 349 g/mol. The highest BCUT2D eigenvalue weighted by Crippen LogP contribution is 2.23. The Morgan fingerprint density at radius 3 is 2.13 bits per heavy atom. The van der Waals surface area contributed by atoms with Crippen LogP contribution in [0.3, 0.4) is 0 Å². The van der Waals surface area contributed by atoms with Crippen LogP contribution in [0.2, 0.25) is 5.02 Å². The van der Waals surface area contributed by atoms with E-state index in [1.165, 1.54) is 0 Å². The van der Waals surface area contributed by atoms with E-state index in [2.05, 4.69) is 9.97 Å². The van der Waals surface area contributed by atoms with Crippen LogP contribution >= 0.6 is 11.6 Å². The van der Waals surface area contributed by atoms with E-state index in [0.29, 0.717) is 56.3 Å². The van der Waals surface area contributed by atoms with Crippen molar-refractivity contribution >= 4 is 23.4 Å². The zero-order valence-electron chi connectivity index (χ0n) is 13.6. The van der Waals surface area contributed by atoms with Crippen molar-refractivity contribution in [2.24, 2.45) is 0 Å². The number of rotatable bonds is 12. The number of aliphatic hydroxyl groups excluding tert-OH is 2. The first-order chi connectivity index (χ1) is 11.1. The van der Waals surface area contributed by atoms with Crippen LogP contribution in [-0.4, -0.2) is 87.0 Å². The third-order valence-electron chi connectivity index (χ3n) is 3.03. The Labute approximate surface area is 141 Å². The van der Waals surface area contributed by atoms with E-state index in [9.17, 15) is 0 Å². The quantitative estimate of drug-likeness (QED) is 0.511. The summed E-state index contributed by atoms with van der Waals surface area (Å²) in [6.07, 6.45) is 1.56. The lowest BCUT2D eigenvalue weighted by Gasteiger charge is -2.22. The number of nitrogens with zero attached hydrogens (tertiary/aromatic N) is 4. The van der Waals surface area contributed by atoms with Crippen LogP contribution in [0, 0.1) is 0 Å². The molecule has 0 aromatic carbocycles. The summed E-state index contributed by atoms with van der Waals surface area (Å²) in [7, 11) is 3.73. The van der Waals surface area contributed by atoms with Crippen LogP contribution in [-0.2, 0) is 9.47 Å². The molecule has 9 heteroatoms. The van der Waals surface area contributed by atoms with Gasteiger partial charge in [-0.1, -0.05) is 11.6 Å². The van der Waals surface area contributed by atoms with Gasteiger partial charge in [0.25, 0.3) is 0 Å². The average Bonchev–Trinajstić information content (AvgIpc) is 2.55. The number of ether oxygens (including phenoxy) is 2. The number of likely N-dealkylation sites (N-methyl/N-ethyl adjacent to an activating group) is 2. The van der Waals surface area contributed by atoms with Gasteiger partial charge >= 0.3 is 0 Å². The van der Waals surface area contributed by atoms with Crippen molar-refractivity contribution in [1.29, 1.82) is 0 Å². The molecule has 1 heterocycles. The van der Waals surface area contributed by atoms with Crippen LogP contribution in [0.4, 0.5) is 11.8 Å². The number of aliphatic hydroxyl groups is 2. The smallest absolute Gasteiger partial charge is 0.227 e. The first-order valence-corrected chi connectivity index (χ1v) is 7.80. The van der Waals surface area contributed by atoms with Crippen molar-refractivity contribution in [3.63, 3.8) is 0 Å². The third-order valence-corrected chi connectivity index (χ3v) is 3.30. The first-order valence-electron chi connectivity index (χ1n) is 7.42. The van der Waals surface area contributed by atoms with Gasteiger partial charge in [-0.15, -0.1) is 0 Å². The molecule has 0 atom stereocenters. The predicted molar refractivity (Wildman–Crippen MR) is 89.4 cm³/mol. The lowest BCUT2D eigenvalue weighted by molar-refractivity contribution is 0.0969. The minimum atomic E-state index is 0.00523. The Morgan fingerprint density at radius 1 is 1.00 bits per heavy atom. The molecule has 1 rings (SSSR count). The number of anilines is 2. The molecule has 0 fully saturated rings. The van der Waals surface area contributed by atoms with Gasteiger partial charge in [-0.3, -0.25) is 0 Å². The summed E-state index contributed by atoms with van der Waals surface area (Å²) < 4.78 is 10.5. The van der Waals surface area contributed by atoms with E-state index < -0.39 is 0 Å². The standard InChI is InChI=1S/C14H25ClN4O4/c1-18(3-7-22-9-5-20)13-12(15)11-16-14(17-13)19(2)4-8-23-10-6-21/h11,20-21H,3-10H2,1-2H3. The maximum Gasteiger partial charge on any atom is 0.227 e. The molecule has 8 nitrogen and oxygen atoms in total. The number of hydrogen-bond donors (Lipinski definition) is 2. The fourth-order valence-electron chi connectivity index (χ4n) is 1.74. The van der Waals surface area contributed by atoms with Gasteiger partial charge in [0.15, 0.2) is 5.82 Å². The summed E-state index contributed by atoms with van der Waals surface area (Å²) in [6, 6.07) is 0. The molecule has 0 aliphatic rings. The molecule has 0 saturated carbocycles. The van der Waals surface area contributed by atoms with Crippen molar-refractivity contribution < 1.29 is 19.7 Å². The van der Waals surface area contributed by atoms with Crippen LogP contribution < -0.4 is 9.80 Å². The molecule has 23 heavy (non-hydrogen) atoms. The van der Waals surface area contributed by atoms with Gasteiger partial charge in [-0.25, -0.2) is 4.98 Å². The Bertz CT molecular complexity index is 453. The van der Waals surface area contributed by atoms with Crippen molar-refractivity contribution in [3.8, 4) is 0 Å². The summed E-state index contributed by atoms with van der Waals surface area (Å²) in [5, 5.41) is 17.8. The van der Waals surface area contributed by atoms with Crippen molar-refractivity contribution in [1.82, 2.24) is 9.97 Å². The molecule has 1 aromatic heterocycles. The van der Waals surface area contributed by atoms with Crippen LogP contribution in [0.5, 0.6) is 0 Å². The molecule has 0 spiro atoms. The van der Waals surface area contributed by atoms with E-state index in [1.807, 2.05) is 23.9 Å². The monoisotopic (exact) mass is 348 g/mol. The molecular formula is C14H25ClN4O4. The summed E-state index contributed by atoms with van der Waals surface area (Å²) >= 11 is 6.16. The Hall–Kier alpha value is -1.19. The summed E-state index contributed by atoms with van der Waals surface area (Å²) in [5.74, 6) is 1.16. The summed E-state index contributed by atoms with van der Waals surface area (Å²) in [4.78, 5) is 12.4. The zero-order chi connectivity index (χ0) is 17.1. The predicted octanol–water partition coefficient (Wildman–Crippen LogP) is 0.0202. The van der Waals surface area contributed by atoms with E-state index in [1.54, 1.807) is 6.20 Å². The van der Waals surface area contributed by atoms with E-state index in [4.69, 9.17) is 31.3 Å². The molecule has 0 aliphatic carbocycles. The van der Waals surface area contributed by atoms with E-state index >= 15 is 0 Å². The van der Waals surface area contributed by atoms with Crippen LogP contribution in [0.15, 0.2) is 6.20 Å². The summed E-state index contributed by atoms with van der Waals surface area (Å²) in [6.45, 7) is 2.79. The number of halogens is 1. The molecule has 2 N–H and O–H groups in total. The van der Waals surface area contributed by atoms with Gasteiger partial charge < -0.3 is 29.5 Å². The molecule has 1 aromatic rings. The highest BCUT2D eigenvalue weighted by molar-refractivity contribution is 6.32. The molecule has 0 radical (unpaired) electrons. The maximum atomic E-state index is 8.68. The van der Waals surface area contributed by atoms with Gasteiger partial charge in [0, 0.05) is 27.2 Å². The topological polar surface area (TPSA) is 91.2 Å². The van der Waals surface area contributed by atoms with Gasteiger partial charge in [0.05, 0.1) is 45.8 Å². The van der Waals surface area contributed by atoms with Gasteiger partial charge in [-0.2, -0.15) is 4.98 Å². The molecular weight excluding hydrogens is 324 g/mol. The Balaban J connectivity index is 2.59. The highest BCUT2D eigenvalue weighted by atomic mass is 35.5. The minimum Gasteiger partial charge on any atom is -0.394 e.